The highest BCUT2D eigenvalue weighted by atomic mass is 19.4. The Bertz CT molecular complexity index is 490. The smallest absolute Gasteiger partial charge is 0.466 e. The fraction of sp³-hybridized carbons (Fsp3) is 0.500. The van der Waals surface area contributed by atoms with Crippen molar-refractivity contribution in [1.82, 2.24) is 4.98 Å². The molecule has 20 heavy (non-hydrogen) atoms. The molecule has 0 saturated carbocycles. The standard InChI is InChI=1S/C12H15F3N2O3/c1-3-19-10(18)4-9-8(5-16)6-17-7(2)11(9)20-12(13,14)15/h6H,3-5,16H2,1-2H3. The summed E-state index contributed by atoms with van der Waals surface area (Å²) < 4.78 is 46.0. The van der Waals surface area contributed by atoms with E-state index in [2.05, 4.69) is 9.72 Å². The molecule has 0 bridgehead atoms. The van der Waals surface area contributed by atoms with Crippen molar-refractivity contribution >= 4 is 5.97 Å². The molecule has 0 radical (unpaired) electrons. The van der Waals surface area contributed by atoms with Crippen LogP contribution in [0.3, 0.4) is 0 Å². The summed E-state index contributed by atoms with van der Waals surface area (Å²) in [5.41, 5.74) is 5.84. The summed E-state index contributed by atoms with van der Waals surface area (Å²) in [6.45, 7) is 3.04. The first kappa shape index (κ1) is 16.2. The Kier molecular flexibility index (Phi) is 5.32. The van der Waals surface area contributed by atoms with Crippen LogP contribution in [-0.4, -0.2) is 23.9 Å². The Labute approximate surface area is 113 Å². The number of halogens is 3. The predicted octanol–water partition coefficient (Wildman–Crippen LogP) is 1.85. The van der Waals surface area contributed by atoms with Crippen molar-refractivity contribution in [2.75, 3.05) is 6.61 Å². The van der Waals surface area contributed by atoms with Crippen LogP contribution < -0.4 is 10.5 Å². The van der Waals surface area contributed by atoms with E-state index in [-0.39, 0.29) is 30.8 Å². The van der Waals surface area contributed by atoms with E-state index in [0.29, 0.717) is 5.56 Å². The second kappa shape index (κ2) is 6.56. The molecule has 0 atom stereocenters. The number of ether oxygens (including phenoxy) is 2. The Morgan fingerprint density at radius 1 is 1.45 bits per heavy atom. The van der Waals surface area contributed by atoms with Gasteiger partial charge in [-0.05, 0) is 19.4 Å². The minimum Gasteiger partial charge on any atom is -0.466 e. The number of hydrogen-bond acceptors (Lipinski definition) is 5. The van der Waals surface area contributed by atoms with E-state index in [1.54, 1.807) is 6.92 Å². The topological polar surface area (TPSA) is 74.4 Å². The average Bonchev–Trinajstić information content (AvgIpc) is 2.33. The van der Waals surface area contributed by atoms with Gasteiger partial charge in [-0.3, -0.25) is 9.78 Å². The van der Waals surface area contributed by atoms with E-state index in [1.165, 1.54) is 13.1 Å². The maximum absolute atomic E-state index is 12.4. The minimum absolute atomic E-state index is 0.0267. The monoisotopic (exact) mass is 292 g/mol. The first-order chi connectivity index (χ1) is 9.28. The molecule has 0 aromatic carbocycles. The van der Waals surface area contributed by atoms with E-state index in [9.17, 15) is 18.0 Å². The van der Waals surface area contributed by atoms with Crippen LogP contribution in [0, 0.1) is 6.92 Å². The lowest BCUT2D eigenvalue weighted by atomic mass is 10.0. The molecule has 5 nitrogen and oxygen atoms in total. The number of nitrogens with zero attached hydrogens (tertiary/aromatic N) is 1. The highest BCUT2D eigenvalue weighted by Gasteiger charge is 2.34. The number of aromatic nitrogens is 1. The van der Waals surface area contributed by atoms with Crippen molar-refractivity contribution in [3.05, 3.63) is 23.0 Å². The van der Waals surface area contributed by atoms with Crippen molar-refractivity contribution in [3.63, 3.8) is 0 Å². The number of esters is 1. The predicted molar refractivity (Wildman–Crippen MR) is 63.9 cm³/mol. The first-order valence-electron chi connectivity index (χ1n) is 5.87. The summed E-state index contributed by atoms with van der Waals surface area (Å²) in [6, 6.07) is 0. The lowest BCUT2D eigenvalue weighted by Crippen LogP contribution is -2.21. The quantitative estimate of drug-likeness (QED) is 0.838. The van der Waals surface area contributed by atoms with Gasteiger partial charge in [-0.25, -0.2) is 0 Å². The second-order valence-corrected chi connectivity index (χ2v) is 3.91. The van der Waals surface area contributed by atoms with Crippen LogP contribution in [0.1, 0.15) is 23.7 Å². The SMILES string of the molecule is CCOC(=O)Cc1c(CN)cnc(C)c1OC(F)(F)F. The normalized spacial score (nSPS) is 11.3. The summed E-state index contributed by atoms with van der Waals surface area (Å²) in [6.07, 6.45) is -3.90. The summed E-state index contributed by atoms with van der Waals surface area (Å²) in [5.74, 6) is -1.15. The molecule has 0 aliphatic rings. The van der Waals surface area contributed by atoms with Gasteiger partial charge < -0.3 is 15.2 Å². The highest BCUT2D eigenvalue weighted by Crippen LogP contribution is 2.31. The molecule has 0 amide bonds. The molecule has 1 heterocycles. The van der Waals surface area contributed by atoms with E-state index in [0.717, 1.165) is 0 Å². The van der Waals surface area contributed by atoms with Crippen molar-refractivity contribution in [1.29, 1.82) is 0 Å². The van der Waals surface area contributed by atoms with Crippen LogP contribution in [-0.2, 0) is 22.5 Å². The van der Waals surface area contributed by atoms with Gasteiger partial charge in [0.1, 0.15) is 0 Å². The Hall–Kier alpha value is -1.83. The zero-order chi connectivity index (χ0) is 15.3. The minimum atomic E-state index is -4.87. The van der Waals surface area contributed by atoms with Crippen molar-refractivity contribution in [3.8, 4) is 5.75 Å². The van der Waals surface area contributed by atoms with E-state index in [1.807, 2.05) is 0 Å². The van der Waals surface area contributed by atoms with Crippen molar-refractivity contribution < 1.29 is 27.4 Å². The van der Waals surface area contributed by atoms with Gasteiger partial charge in [0, 0.05) is 18.3 Å². The molecular weight excluding hydrogens is 277 g/mol. The Morgan fingerprint density at radius 2 is 2.10 bits per heavy atom. The molecule has 0 spiro atoms. The molecule has 0 aliphatic heterocycles. The van der Waals surface area contributed by atoms with Crippen LogP contribution in [0.15, 0.2) is 6.20 Å². The summed E-state index contributed by atoms with van der Waals surface area (Å²) in [4.78, 5) is 15.3. The van der Waals surface area contributed by atoms with Crippen LogP contribution >= 0.6 is 0 Å². The molecule has 0 aliphatic carbocycles. The molecule has 8 heteroatoms. The number of pyridine rings is 1. The van der Waals surface area contributed by atoms with Gasteiger partial charge in [-0.15, -0.1) is 13.2 Å². The number of aryl methyl sites for hydroxylation is 1. The summed E-state index contributed by atoms with van der Waals surface area (Å²) in [7, 11) is 0. The molecule has 2 N–H and O–H groups in total. The molecule has 1 aromatic heterocycles. The van der Waals surface area contributed by atoms with E-state index >= 15 is 0 Å². The fourth-order valence-corrected chi connectivity index (χ4v) is 1.65. The Morgan fingerprint density at radius 3 is 2.60 bits per heavy atom. The van der Waals surface area contributed by atoms with E-state index in [4.69, 9.17) is 10.5 Å². The third-order valence-electron chi connectivity index (χ3n) is 2.47. The van der Waals surface area contributed by atoms with Gasteiger partial charge >= 0.3 is 12.3 Å². The lowest BCUT2D eigenvalue weighted by molar-refractivity contribution is -0.275. The van der Waals surface area contributed by atoms with Crippen LogP contribution in [0.4, 0.5) is 13.2 Å². The molecular formula is C12H15F3N2O3. The number of alkyl halides is 3. The van der Waals surface area contributed by atoms with Crippen LogP contribution in [0.5, 0.6) is 5.75 Å². The summed E-state index contributed by atoms with van der Waals surface area (Å²) in [5, 5.41) is 0. The molecule has 0 fully saturated rings. The Balaban J connectivity index is 3.21. The maximum Gasteiger partial charge on any atom is 0.573 e. The number of carbonyl (C=O) groups is 1. The lowest BCUT2D eigenvalue weighted by Gasteiger charge is -2.17. The number of nitrogens with two attached hydrogens (primary N) is 1. The molecule has 0 unspecified atom stereocenters. The van der Waals surface area contributed by atoms with Gasteiger partial charge in [-0.1, -0.05) is 0 Å². The highest BCUT2D eigenvalue weighted by molar-refractivity contribution is 5.74. The maximum atomic E-state index is 12.4. The molecule has 112 valence electrons. The molecule has 1 rings (SSSR count). The second-order valence-electron chi connectivity index (χ2n) is 3.91. The first-order valence-corrected chi connectivity index (χ1v) is 5.87. The molecule has 0 saturated heterocycles. The molecule has 1 aromatic rings. The zero-order valence-electron chi connectivity index (χ0n) is 11.1. The number of rotatable bonds is 5. The largest absolute Gasteiger partial charge is 0.573 e. The zero-order valence-corrected chi connectivity index (χ0v) is 11.1. The van der Waals surface area contributed by atoms with Gasteiger partial charge in [0.2, 0.25) is 0 Å². The third-order valence-corrected chi connectivity index (χ3v) is 2.47. The number of hydrogen-bond donors (Lipinski definition) is 1. The average molecular weight is 292 g/mol. The van der Waals surface area contributed by atoms with Crippen molar-refractivity contribution in [2.45, 2.75) is 33.2 Å². The third kappa shape index (κ3) is 4.37. The fourth-order valence-electron chi connectivity index (χ4n) is 1.65. The van der Waals surface area contributed by atoms with Crippen LogP contribution in [0.25, 0.3) is 0 Å². The van der Waals surface area contributed by atoms with Gasteiger partial charge in [0.25, 0.3) is 0 Å². The van der Waals surface area contributed by atoms with Crippen molar-refractivity contribution in [2.24, 2.45) is 5.73 Å². The van der Waals surface area contributed by atoms with E-state index < -0.39 is 18.1 Å². The summed E-state index contributed by atoms with van der Waals surface area (Å²) >= 11 is 0. The van der Waals surface area contributed by atoms with Crippen LogP contribution in [0.2, 0.25) is 0 Å². The van der Waals surface area contributed by atoms with Gasteiger partial charge in [0.05, 0.1) is 18.7 Å². The van der Waals surface area contributed by atoms with Gasteiger partial charge in [-0.2, -0.15) is 0 Å². The number of carbonyl (C=O) groups excluding carboxylic acids is 1. The van der Waals surface area contributed by atoms with Gasteiger partial charge in [0.15, 0.2) is 5.75 Å².